The lowest BCUT2D eigenvalue weighted by atomic mass is 10.1. The number of hydrogen-bond acceptors (Lipinski definition) is 4. The number of aryl methyl sites for hydroxylation is 1. The SMILES string of the molecule is CCOC(=O)C(=O)Nc1ccc(CO)cc1C. The molecule has 1 rings (SSSR count). The Balaban J connectivity index is 2.75. The van der Waals surface area contributed by atoms with Gasteiger partial charge in [-0.3, -0.25) is 4.79 Å². The van der Waals surface area contributed by atoms with Gasteiger partial charge in [0.15, 0.2) is 0 Å². The van der Waals surface area contributed by atoms with Crippen molar-refractivity contribution in [2.75, 3.05) is 11.9 Å². The minimum atomic E-state index is -0.905. The second-order valence-corrected chi connectivity index (χ2v) is 3.48. The highest BCUT2D eigenvalue weighted by molar-refractivity contribution is 6.37. The van der Waals surface area contributed by atoms with Gasteiger partial charge in [-0.25, -0.2) is 4.79 Å². The van der Waals surface area contributed by atoms with E-state index in [1.807, 2.05) is 0 Å². The molecule has 0 saturated heterocycles. The second-order valence-electron chi connectivity index (χ2n) is 3.48. The molecule has 0 spiro atoms. The van der Waals surface area contributed by atoms with E-state index in [-0.39, 0.29) is 13.2 Å². The monoisotopic (exact) mass is 237 g/mol. The van der Waals surface area contributed by atoms with Crippen LogP contribution >= 0.6 is 0 Å². The standard InChI is InChI=1S/C12H15NO4/c1-3-17-12(16)11(15)13-10-5-4-9(7-14)6-8(10)2/h4-6,14H,3,7H2,1-2H3,(H,13,15). The molecule has 0 radical (unpaired) electrons. The molecule has 0 fully saturated rings. The van der Waals surface area contributed by atoms with Crippen molar-refractivity contribution in [3.05, 3.63) is 29.3 Å². The number of anilines is 1. The van der Waals surface area contributed by atoms with E-state index in [0.29, 0.717) is 5.69 Å². The number of esters is 1. The van der Waals surface area contributed by atoms with Crippen molar-refractivity contribution in [3.63, 3.8) is 0 Å². The molecule has 1 aromatic rings. The number of hydrogen-bond donors (Lipinski definition) is 2. The van der Waals surface area contributed by atoms with Crippen LogP contribution in [0, 0.1) is 6.92 Å². The van der Waals surface area contributed by atoms with Gasteiger partial charge in [-0.2, -0.15) is 0 Å². The van der Waals surface area contributed by atoms with E-state index in [0.717, 1.165) is 11.1 Å². The lowest BCUT2D eigenvalue weighted by molar-refractivity contribution is -0.152. The third kappa shape index (κ3) is 3.57. The number of nitrogens with one attached hydrogen (secondary N) is 1. The Kier molecular flexibility index (Phi) is 4.66. The molecule has 0 aliphatic rings. The van der Waals surface area contributed by atoms with E-state index in [9.17, 15) is 9.59 Å². The van der Waals surface area contributed by atoms with Crippen LogP contribution in [0.1, 0.15) is 18.1 Å². The molecule has 92 valence electrons. The number of aliphatic hydroxyl groups is 1. The molecule has 1 aromatic carbocycles. The van der Waals surface area contributed by atoms with E-state index >= 15 is 0 Å². The van der Waals surface area contributed by atoms with Gasteiger partial charge >= 0.3 is 11.9 Å². The molecule has 0 atom stereocenters. The third-order valence-electron chi connectivity index (χ3n) is 2.18. The van der Waals surface area contributed by atoms with E-state index < -0.39 is 11.9 Å². The molecule has 2 N–H and O–H groups in total. The zero-order chi connectivity index (χ0) is 12.8. The van der Waals surface area contributed by atoms with Crippen LogP contribution in [0.4, 0.5) is 5.69 Å². The predicted octanol–water partition coefficient (Wildman–Crippen LogP) is 0.989. The number of benzene rings is 1. The van der Waals surface area contributed by atoms with Crippen LogP contribution in [0.5, 0.6) is 0 Å². The molecule has 0 unspecified atom stereocenters. The van der Waals surface area contributed by atoms with Crippen molar-refractivity contribution in [2.45, 2.75) is 20.5 Å². The zero-order valence-corrected chi connectivity index (χ0v) is 9.82. The van der Waals surface area contributed by atoms with Crippen LogP contribution in [-0.4, -0.2) is 23.6 Å². The Morgan fingerprint density at radius 3 is 2.65 bits per heavy atom. The van der Waals surface area contributed by atoms with Crippen LogP contribution in [0.2, 0.25) is 0 Å². The summed E-state index contributed by atoms with van der Waals surface area (Å²) in [5.41, 5.74) is 2.05. The highest BCUT2D eigenvalue weighted by atomic mass is 16.5. The molecule has 1 amide bonds. The summed E-state index contributed by atoms with van der Waals surface area (Å²) in [5.74, 6) is -1.70. The number of ether oxygens (including phenoxy) is 1. The first-order valence-corrected chi connectivity index (χ1v) is 5.27. The molecule has 0 bridgehead atoms. The molecule has 0 aliphatic carbocycles. The summed E-state index contributed by atoms with van der Waals surface area (Å²) in [6.45, 7) is 3.51. The Bertz CT molecular complexity index is 429. The minimum absolute atomic E-state index is 0.0626. The number of carbonyl (C=O) groups is 2. The van der Waals surface area contributed by atoms with Crippen molar-refractivity contribution >= 4 is 17.6 Å². The Labute approximate surface area is 99.4 Å². The van der Waals surface area contributed by atoms with Crippen LogP contribution in [0.15, 0.2) is 18.2 Å². The maximum Gasteiger partial charge on any atom is 0.397 e. The summed E-state index contributed by atoms with van der Waals surface area (Å²) in [4.78, 5) is 22.5. The number of carbonyl (C=O) groups excluding carboxylic acids is 2. The molecular formula is C12H15NO4. The van der Waals surface area contributed by atoms with E-state index in [4.69, 9.17) is 5.11 Å². The topological polar surface area (TPSA) is 75.6 Å². The average Bonchev–Trinajstić information content (AvgIpc) is 2.31. The van der Waals surface area contributed by atoms with E-state index in [1.54, 1.807) is 32.0 Å². The Hall–Kier alpha value is -1.88. The third-order valence-corrected chi connectivity index (χ3v) is 2.18. The highest BCUT2D eigenvalue weighted by Crippen LogP contribution is 2.16. The molecule has 0 saturated carbocycles. The highest BCUT2D eigenvalue weighted by Gasteiger charge is 2.15. The smallest absolute Gasteiger partial charge is 0.397 e. The number of rotatable bonds is 3. The van der Waals surface area contributed by atoms with Crippen LogP contribution in [0.25, 0.3) is 0 Å². The first-order valence-electron chi connectivity index (χ1n) is 5.27. The van der Waals surface area contributed by atoms with Crippen LogP contribution in [0.3, 0.4) is 0 Å². The van der Waals surface area contributed by atoms with Gasteiger partial charge in [0.05, 0.1) is 13.2 Å². The minimum Gasteiger partial charge on any atom is -0.459 e. The Morgan fingerprint density at radius 2 is 2.12 bits per heavy atom. The van der Waals surface area contributed by atoms with E-state index in [1.165, 1.54) is 0 Å². The van der Waals surface area contributed by atoms with Crippen molar-refractivity contribution in [1.82, 2.24) is 0 Å². The quantitative estimate of drug-likeness (QED) is 0.607. The van der Waals surface area contributed by atoms with Crippen LogP contribution in [-0.2, 0) is 20.9 Å². The Morgan fingerprint density at radius 1 is 1.41 bits per heavy atom. The summed E-state index contributed by atoms with van der Waals surface area (Å²) >= 11 is 0. The number of amides is 1. The van der Waals surface area contributed by atoms with Gasteiger partial charge in [0.2, 0.25) is 0 Å². The maximum absolute atomic E-state index is 11.4. The summed E-state index contributed by atoms with van der Waals surface area (Å²) in [5, 5.41) is 11.4. The lowest BCUT2D eigenvalue weighted by Crippen LogP contribution is -2.25. The van der Waals surface area contributed by atoms with Gasteiger partial charge in [-0.1, -0.05) is 12.1 Å². The predicted molar refractivity (Wildman–Crippen MR) is 62.4 cm³/mol. The zero-order valence-electron chi connectivity index (χ0n) is 9.82. The first kappa shape index (κ1) is 13.2. The van der Waals surface area contributed by atoms with Gasteiger partial charge in [0.1, 0.15) is 0 Å². The van der Waals surface area contributed by atoms with Gasteiger partial charge < -0.3 is 15.2 Å². The molecule has 0 heterocycles. The fraction of sp³-hybridized carbons (Fsp3) is 0.333. The molecule has 0 aromatic heterocycles. The first-order chi connectivity index (χ1) is 8.08. The molecule has 17 heavy (non-hydrogen) atoms. The van der Waals surface area contributed by atoms with Crippen molar-refractivity contribution in [1.29, 1.82) is 0 Å². The normalized spacial score (nSPS) is 9.82. The average molecular weight is 237 g/mol. The largest absolute Gasteiger partial charge is 0.459 e. The van der Waals surface area contributed by atoms with Crippen LogP contribution < -0.4 is 5.32 Å². The van der Waals surface area contributed by atoms with Gasteiger partial charge in [0.25, 0.3) is 0 Å². The van der Waals surface area contributed by atoms with Gasteiger partial charge in [-0.15, -0.1) is 0 Å². The molecule has 5 nitrogen and oxygen atoms in total. The summed E-state index contributed by atoms with van der Waals surface area (Å²) < 4.78 is 4.57. The maximum atomic E-state index is 11.4. The van der Waals surface area contributed by atoms with Crippen molar-refractivity contribution in [2.24, 2.45) is 0 Å². The fourth-order valence-electron chi connectivity index (χ4n) is 1.33. The fourth-order valence-corrected chi connectivity index (χ4v) is 1.33. The molecule has 0 aliphatic heterocycles. The summed E-state index contributed by atoms with van der Waals surface area (Å²) in [6, 6.07) is 5.05. The van der Waals surface area contributed by atoms with Crippen molar-refractivity contribution in [3.8, 4) is 0 Å². The number of aliphatic hydroxyl groups excluding tert-OH is 1. The van der Waals surface area contributed by atoms with E-state index in [2.05, 4.69) is 10.1 Å². The molecule has 5 heteroatoms. The van der Waals surface area contributed by atoms with Crippen molar-refractivity contribution < 1.29 is 19.4 Å². The lowest BCUT2D eigenvalue weighted by Gasteiger charge is -2.08. The van der Waals surface area contributed by atoms with Gasteiger partial charge in [-0.05, 0) is 31.0 Å². The molecular weight excluding hydrogens is 222 g/mol. The van der Waals surface area contributed by atoms with Gasteiger partial charge in [0, 0.05) is 5.69 Å². The summed E-state index contributed by atoms with van der Waals surface area (Å²) in [6.07, 6.45) is 0. The summed E-state index contributed by atoms with van der Waals surface area (Å²) in [7, 11) is 0. The second kappa shape index (κ2) is 6.00.